The van der Waals surface area contributed by atoms with Gasteiger partial charge in [-0.1, -0.05) is 42.2 Å². The van der Waals surface area contributed by atoms with Gasteiger partial charge >= 0.3 is 5.97 Å². The number of nitrogens with one attached hydrogen (secondary N) is 1. The molecule has 0 saturated carbocycles. The van der Waals surface area contributed by atoms with Gasteiger partial charge in [-0.2, -0.15) is 0 Å². The Balaban J connectivity index is 0.000000321. The van der Waals surface area contributed by atoms with Crippen molar-refractivity contribution in [3.63, 3.8) is 0 Å². The Hall–Kier alpha value is -2.45. The Bertz CT molecular complexity index is 678. The number of ketones is 1. The summed E-state index contributed by atoms with van der Waals surface area (Å²) in [6.45, 7) is 3.29. The largest absolute Gasteiger partial charge is 0.480 e. The zero-order valence-corrected chi connectivity index (χ0v) is 15.2. The number of Topliss-reactive ketones (excluding diaryl/α,β-unsaturated/α-hetero) is 1. The van der Waals surface area contributed by atoms with Gasteiger partial charge in [0.15, 0.2) is 0 Å². The van der Waals surface area contributed by atoms with Crippen molar-refractivity contribution in [1.82, 2.24) is 5.32 Å². The van der Waals surface area contributed by atoms with Crippen molar-refractivity contribution in [1.29, 1.82) is 0 Å². The number of carbonyl (C=O) groups excluding carboxylic acids is 2. The minimum atomic E-state index is -0.786. The molecule has 1 saturated heterocycles. The van der Waals surface area contributed by atoms with Crippen LogP contribution in [0.25, 0.3) is 0 Å². The molecule has 3 N–H and O–H groups in total. The third-order valence-electron chi connectivity index (χ3n) is 3.53. The second-order valence-corrected chi connectivity index (χ2v) is 5.86. The van der Waals surface area contributed by atoms with Crippen LogP contribution >= 0.6 is 11.6 Å². The third-order valence-corrected chi connectivity index (χ3v) is 3.94. The van der Waals surface area contributed by atoms with Gasteiger partial charge in [0.1, 0.15) is 0 Å². The van der Waals surface area contributed by atoms with Crippen LogP contribution < -0.4 is 10.2 Å². The molecule has 1 aliphatic rings. The lowest BCUT2D eigenvalue weighted by molar-refractivity contribution is -0.136. The van der Waals surface area contributed by atoms with Gasteiger partial charge in [-0.05, 0) is 19.0 Å². The van der Waals surface area contributed by atoms with Gasteiger partial charge in [-0.25, -0.2) is 0 Å². The van der Waals surface area contributed by atoms with E-state index in [1.54, 1.807) is 18.2 Å². The summed E-state index contributed by atoms with van der Waals surface area (Å²) in [6, 6.07) is 4.97. The zero-order valence-electron chi connectivity index (χ0n) is 14.4. The maximum atomic E-state index is 11.6. The van der Waals surface area contributed by atoms with E-state index in [1.165, 1.54) is 11.1 Å². The highest BCUT2D eigenvalue weighted by Crippen LogP contribution is 2.30. The Kier molecular flexibility index (Phi) is 9.32. The average molecular weight is 384 g/mol. The number of anilines is 1. The summed E-state index contributed by atoms with van der Waals surface area (Å²) in [5.41, 5.74) is 0.943. The van der Waals surface area contributed by atoms with Crippen LogP contribution in [0.5, 0.6) is 0 Å². The number of aliphatic carboxylic acids is 1. The van der Waals surface area contributed by atoms with E-state index in [2.05, 4.69) is 17.4 Å². The first-order chi connectivity index (χ1) is 12.4. The molecule has 0 radical (unpaired) electrons. The Morgan fingerprint density at radius 3 is 2.69 bits per heavy atom. The predicted molar refractivity (Wildman–Crippen MR) is 98.2 cm³/mol. The van der Waals surface area contributed by atoms with E-state index >= 15 is 0 Å². The molecule has 26 heavy (non-hydrogen) atoms. The first kappa shape index (κ1) is 21.6. The number of carbonyl (C=O) groups is 3. The van der Waals surface area contributed by atoms with Crippen molar-refractivity contribution in [2.75, 3.05) is 24.5 Å². The van der Waals surface area contributed by atoms with E-state index in [0.29, 0.717) is 17.8 Å². The fourth-order valence-corrected chi connectivity index (χ4v) is 2.48. The fraction of sp³-hybridized carbons (Fsp3) is 0.412. The van der Waals surface area contributed by atoms with Crippen LogP contribution in [0.2, 0.25) is 5.02 Å². The Morgan fingerprint density at radius 1 is 1.42 bits per heavy atom. The van der Waals surface area contributed by atoms with Crippen molar-refractivity contribution in [3.05, 3.63) is 28.8 Å². The van der Waals surface area contributed by atoms with E-state index < -0.39 is 17.7 Å². The predicted octanol–water partition coefficient (Wildman–Crippen LogP) is 1.91. The van der Waals surface area contributed by atoms with E-state index in [-0.39, 0.29) is 18.0 Å². The van der Waals surface area contributed by atoms with Gasteiger partial charge in [0.25, 0.3) is 5.91 Å². The standard InChI is InChI=1S/C11H9ClN2O3.C6H13NO2/c12-10-7(6-13-17)2-1-3-8(10)14-5-4-9(15)11(14)16;1-2-3-4-7-5-6(8)9/h1-3,6,17H,4-5H2;7H,2-5H2,1H3,(H,8,9). The summed E-state index contributed by atoms with van der Waals surface area (Å²) >= 11 is 6.07. The van der Waals surface area contributed by atoms with Crippen LogP contribution in [0.1, 0.15) is 31.7 Å². The Morgan fingerprint density at radius 2 is 2.15 bits per heavy atom. The zero-order chi connectivity index (χ0) is 19.5. The maximum absolute atomic E-state index is 11.6. The molecular formula is C17H22ClN3O5. The summed E-state index contributed by atoms with van der Waals surface area (Å²) in [6.07, 6.45) is 3.53. The van der Waals surface area contributed by atoms with Crippen molar-refractivity contribution >= 4 is 41.2 Å². The second kappa shape index (κ2) is 11.2. The minimum absolute atomic E-state index is 0.0833. The van der Waals surface area contributed by atoms with Crippen LogP contribution in [-0.4, -0.2) is 53.8 Å². The number of carboxylic acids is 1. The van der Waals surface area contributed by atoms with Crippen molar-refractivity contribution in [2.24, 2.45) is 5.16 Å². The summed E-state index contributed by atoms with van der Waals surface area (Å²) < 4.78 is 0. The van der Waals surface area contributed by atoms with Crippen molar-refractivity contribution in [3.8, 4) is 0 Å². The van der Waals surface area contributed by atoms with Crippen molar-refractivity contribution < 1.29 is 24.7 Å². The number of amides is 1. The molecule has 1 aromatic carbocycles. The molecule has 1 fully saturated rings. The number of rotatable bonds is 7. The molecule has 9 heteroatoms. The summed E-state index contributed by atoms with van der Waals surface area (Å²) in [5.74, 6) is -1.75. The number of halogens is 1. The highest BCUT2D eigenvalue weighted by Gasteiger charge is 2.31. The number of carboxylic acid groups (broad SMARTS) is 1. The van der Waals surface area contributed by atoms with Gasteiger partial charge in [0, 0.05) is 18.5 Å². The number of unbranched alkanes of at least 4 members (excludes halogenated alkanes) is 1. The molecule has 0 atom stereocenters. The highest BCUT2D eigenvalue weighted by molar-refractivity contribution is 6.45. The highest BCUT2D eigenvalue weighted by atomic mass is 35.5. The number of benzene rings is 1. The van der Waals surface area contributed by atoms with E-state index in [9.17, 15) is 14.4 Å². The van der Waals surface area contributed by atoms with Gasteiger partial charge in [0.2, 0.25) is 5.78 Å². The van der Waals surface area contributed by atoms with Crippen LogP contribution in [-0.2, 0) is 14.4 Å². The molecule has 0 spiro atoms. The normalized spacial score (nSPS) is 13.8. The first-order valence-corrected chi connectivity index (χ1v) is 8.53. The van der Waals surface area contributed by atoms with Crippen LogP contribution in [0, 0.1) is 0 Å². The molecule has 8 nitrogen and oxygen atoms in total. The second-order valence-electron chi connectivity index (χ2n) is 5.48. The van der Waals surface area contributed by atoms with Crippen LogP contribution in [0.4, 0.5) is 5.69 Å². The summed E-state index contributed by atoms with van der Waals surface area (Å²) in [7, 11) is 0. The number of hydrogen-bond acceptors (Lipinski definition) is 6. The topological polar surface area (TPSA) is 119 Å². The first-order valence-electron chi connectivity index (χ1n) is 8.15. The lowest BCUT2D eigenvalue weighted by Gasteiger charge is -2.17. The van der Waals surface area contributed by atoms with Crippen LogP contribution in [0.3, 0.4) is 0 Å². The maximum Gasteiger partial charge on any atom is 0.317 e. The monoisotopic (exact) mass is 383 g/mol. The molecule has 0 bridgehead atoms. The molecule has 1 heterocycles. The van der Waals surface area contributed by atoms with Gasteiger partial charge in [-0.15, -0.1) is 0 Å². The van der Waals surface area contributed by atoms with Gasteiger partial charge in [0.05, 0.1) is 23.5 Å². The van der Waals surface area contributed by atoms with E-state index in [4.69, 9.17) is 21.9 Å². The van der Waals surface area contributed by atoms with E-state index in [1.807, 2.05) is 0 Å². The third kappa shape index (κ3) is 6.45. The molecule has 142 valence electrons. The lowest BCUT2D eigenvalue weighted by atomic mass is 10.2. The van der Waals surface area contributed by atoms with Crippen LogP contribution in [0.15, 0.2) is 23.4 Å². The molecule has 0 aliphatic carbocycles. The number of nitrogens with zero attached hydrogens (tertiary/aromatic N) is 2. The van der Waals surface area contributed by atoms with E-state index in [0.717, 1.165) is 19.4 Å². The van der Waals surface area contributed by atoms with Gasteiger partial charge in [-0.3, -0.25) is 14.4 Å². The summed E-state index contributed by atoms with van der Waals surface area (Å²) in [4.78, 5) is 34.0. The average Bonchev–Trinajstić information content (AvgIpc) is 2.94. The molecule has 0 unspecified atom stereocenters. The molecule has 2 rings (SSSR count). The van der Waals surface area contributed by atoms with Gasteiger partial charge < -0.3 is 20.5 Å². The van der Waals surface area contributed by atoms with Crippen molar-refractivity contribution in [2.45, 2.75) is 26.2 Å². The molecular weight excluding hydrogens is 362 g/mol. The SMILES string of the molecule is CCCCNCC(=O)O.O=C1CCN(c2cccc(C=NO)c2Cl)C1=O. The molecule has 1 amide bonds. The summed E-state index contributed by atoms with van der Waals surface area (Å²) in [5, 5.41) is 22.6. The lowest BCUT2D eigenvalue weighted by Crippen LogP contribution is -2.27. The smallest absolute Gasteiger partial charge is 0.317 e. The molecule has 1 aliphatic heterocycles. The Labute approximate surface area is 156 Å². The number of oxime groups is 1. The number of hydrogen-bond donors (Lipinski definition) is 3. The molecule has 0 aromatic heterocycles. The molecule has 1 aromatic rings. The quantitative estimate of drug-likeness (QED) is 0.217. The minimum Gasteiger partial charge on any atom is -0.480 e. The fourth-order valence-electron chi connectivity index (χ4n) is 2.21.